The van der Waals surface area contributed by atoms with Crippen LogP contribution in [-0.4, -0.2) is 44.1 Å². The number of amides is 1. The summed E-state index contributed by atoms with van der Waals surface area (Å²) in [6.45, 7) is 10.4. The van der Waals surface area contributed by atoms with E-state index in [1.807, 2.05) is 34.6 Å². The van der Waals surface area contributed by atoms with Crippen LogP contribution in [0.15, 0.2) is 27.6 Å². The van der Waals surface area contributed by atoms with Crippen molar-refractivity contribution in [3.63, 3.8) is 0 Å². The predicted molar refractivity (Wildman–Crippen MR) is 119 cm³/mol. The molecule has 160 valence electrons. The molecule has 1 heterocycles. The molecule has 28 heavy (non-hydrogen) atoms. The van der Waals surface area contributed by atoms with Gasteiger partial charge in [-0.05, 0) is 57.4 Å². The fraction of sp³-hybridized carbons (Fsp3) is 0.632. The number of nitrogens with zero attached hydrogens (tertiary/aromatic N) is 1. The molecule has 6 nitrogen and oxygen atoms in total. The van der Waals surface area contributed by atoms with Gasteiger partial charge in [-0.25, -0.2) is 17.9 Å². The van der Waals surface area contributed by atoms with Gasteiger partial charge in [0.25, 0.3) is 0 Å². The number of alkyl halides is 1. The zero-order chi connectivity index (χ0) is 21.5. The Morgan fingerprint density at radius 2 is 1.82 bits per heavy atom. The lowest BCUT2D eigenvalue weighted by Gasteiger charge is -2.33. The van der Waals surface area contributed by atoms with Crippen molar-refractivity contribution in [1.82, 2.24) is 9.62 Å². The van der Waals surface area contributed by atoms with Crippen molar-refractivity contribution in [2.24, 2.45) is 0 Å². The van der Waals surface area contributed by atoms with E-state index in [1.165, 1.54) is 0 Å². The number of ether oxygens (including phenoxy) is 1. The number of hydrogen-bond acceptors (Lipinski definition) is 4. The lowest BCUT2D eigenvalue weighted by Crippen LogP contribution is -2.47. The van der Waals surface area contributed by atoms with E-state index in [0.717, 1.165) is 4.47 Å². The molecule has 0 atom stereocenters. The first-order valence-electron chi connectivity index (χ1n) is 9.36. The number of hydrogen-bond donors (Lipinski definition) is 1. The van der Waals surface area contributed by atoms with E-state index in [4.69, 9.17) is 4.74 Å². The highest BCUT2D eigenvalue weighted by atomic mass is 79.9. The maximum Gasteiger partial charge on any atom is 0.410 e. The Morgan fingerprint density at radius 1 is 1.25 bits per heavy atom. The van der Waals surface area contributed by atoms with Crippen LogP contribution in [0.4, 0.5) is 4.79 Å². The van der Waals surface area contributed by atoms with Gasteiger partial charge in [0, 0.05) is 28.9 Å². The number of likely N-dealkylation sites (tertiary alicyclic amines) is 1. The first-order valence-corrected chi connectivity index (χ1v) is 12.8. The van der Waals surface area contributed by atoms with Crippen molar-refractivity contribution in [3.05, 3.63) is 28.2 Å². The van der Waals surface area contributed by atoms with Gasteiger partial charge in [0.15, 0.2) is 0 Å². The van der Waals surface area contributed by atoms with Gasteiger partial charge in [0.1, 0.15) is 5.60 Å². The molecule has 1 aliphatic heterocycles. The average Bonchev–Trinajstić information content (AvgIpc) is 2.61. The highest BCUT2D eigenvalue weighted by Crippen LogP contribution is 2.24. The normalized spacial score (nSPS) is 15.6. The zero-order valence-corrected chi connectivity index (χ0v) is 21.1. The number of sulfonamides is 1. The zero-order valence-electron chi connectivity index (χ0n) is 17.1. The summed E-state index contributed by atoms with van der Waals surface area (Å²) in [7, 11) is -3.62. The number of nitrogens with one attached hydrogen (secondary N) is 1. The Labute approximate surface area is 185 Å². The molecule has 0 radical (unpaired) electrons. The van der Waals surface area contributed by atoms with E-state index in [1.54, 1.807) is 23.1 Å². The highest BCUT2D eigenvalue weighted by Gasteiger charge is 2.29. The predicted octanol–water partition coefficient (Wildman–Crippen LogP) is 5.05. The molecular formula is C19H30Br2N2O4S. The summed E-state index contributed by atoms with van der Waals surface area (Å²) in [5.74, 6) is 0. The summed E-state index contributed by atoms with van der Waals surface area (Å²) in [4.78, 5) is 14.0. The third-order valence-electron chi connectivity index (χ3n) is 3.92. The number of piperidine rings is 1. The third kappa shape index (κ3) is 7.65. The van der Waals surface area contributed by atoms with E-state index in [0.29, 0.717) is 36.8 Å². The van der Waals surface area contributed by atoms with Crippen LogP contribution in [0.25, 0.3) is 0 Å². The van der Waals surface area contributed by atoms with Gasteiger partial charge >= 0.3 is 6.09 Å². The second-order valence-electron chi connectivity index (χ2n) is 7.25. The summed E-state index contributed by atoms with van der Waals surface area (Å²) < 4.78 is 34.4. The maximum atomic E-state index is 12.7. The average molecular weight is 542 g/mol. The van der Waals surface area contributed by atoms with Crippen LogP contribution in [0.5, 0.6) is 0 Å². The van der Waals surface area contributed by atoms with Crippen LogP contribution in [0.2, 0.25) is 0 Å². The van der Waals surface area contributed by atoms with Crippen LogP contribution in [0.1, 0.15) is 53.0 Å². The lowest BCUT2D eigenvalue weighted by atomic mass is 10.1. The molecular weight excluding hydrogens is 512 g/mol. The minimum absolute atomic E-state index is 0.203. The van der Waals surface area contributed by atoms with E-state index >= 15 is 0 Å². The molecule has 2 rings (SSSR count). The van der Waals surface area contributed by atoms with E-state index in [9.17, 15) is 13.2 Å². The molecule has 1 aliphatic rings. The Kier molecular flexibility index (Phi) is 9.93. The van der Waals surface area contributed by atoms with Crippen LogP contribution >= 0.6 is 31.9 Å². The number of rotatable bonds is 4. The topological polar surface area (TPSA) is 75.7 Å². The molecule has 9 heteroatoms. The molecule has 0 aromatic heterocycles. The van der Waals surface area contributed by atoms with Gasteiger partial charge < -0.3 is 9.64 Å². The fourth-order valence-electron chi connectivity index (χ4n) is 2.70. The second-order valence-corrected chi connectivity index (χ2v) is 10.4. The first kappa shape index (κ1) is 25.4. The summed E-state index contributed by atoms with van der Waals surface area (Å²) in [5.41, 5.74) is 0.154. The summed E-state index contributed by atoms with van der Waals surface area (Å²) in [6.07, 6.45) is 0.755. The minimum Gasteiger partial charge on any atom is -0.444 e. The molecule has 1 aromatic carbocycles. The van der Waals surface area contributed by atoms with Crippen LogP contribution in [0.3, 0.4) is 0 Å². The van der Waals surface area contributed by atoms with E-state index in [2.05, 4.69) is 36.6 Å². The summed E-state index contributed by atoms with van der Waals surface area (Å²) >= 11 is 6.69. The Balaban J connectivity index is 0.00000190. The Bertz CT molecular complexity index is 756. The van der Waals surface area contributed by atoms with Gasteiger partial charge in [-0.15, -0.1) is 0 Å². The smallest absolute Gasteiger partial charge is 0.410 e. The van der Waals surface area contributed by atoms with Crippen molar-refractivity contribution in [1.29, 1.82) is 0 Å². The molecule has 0 spiro atoms. The van der Waals surface area contributed by atoms with Gasteiger partial charge in [-0.1, -0.05) is 45.7 Å². The highest BCUT2D eigenvalue weighted by molar-refractivity contribution is 9.10. The van der Waals surface area contributed by atoms with Crippen molar-refractivity contribution in [2.45, 2.75) is 69.3 Å². The number of halogens is 2. The lowest BCUT2D eigenvalue weighted by molar-refractivity contribution is 0.0203. The fourth-order valence-corrected chi connectivity index (χ4v) is 5.29. The Morgan fingerprint density at radius 3 is 2.32 bits per heavy atom. The number of benzene rings is 1. The van der Waals surface area contributed by atoms with E-state index < -0.39 is 15.6 Å². The standard InChI is InChI=1S/C17H24Br2N2O4S.C2H6/c1-17(2,3)25-16(22)21-8-6-14(7-9-21)20-26(23,24)15-5-4-13(19)10-12(15)11-18;1-2/h4-5,10,14,20H,6-9,11H2,1-3H3;1-2H3. The summed E-state index contributed by atoms with van der Waals surface area (Å²) in [5, 5.41) is 0.444. The van der Waals surface area contributed by atoms with Crippen LogP contribution in [0, 0.1) is 0 Å². The molecule has 0 bridgehead atoms. The molecule has 1 fully saturated rings. The van der Waals surface area contributed by atoms with Crippen LogP contribution in [-0.2, 0) is 20.1 Å². The molecule has 0 aliphatic carbocycles. The molecule has 1 aromatic rings. The molecule has 1 N–H and O–H groups in total. The Hall–Kier alpha value is -0.640. The third-order valence-corrected chi connectivity index (χ3v) is 6.64. The second kappa shape index (κ2) is 10.9. The van der Waals surface area contributed by atoms with Crippen LogP contribution < -0.4 is 4.72 Å². The van der Waals surface area contributed by atoms with Gasteiger partial charge in [0.2, 0.25) is 10.0 Å². The largest absolute Gasteiger partial charge is 0.444 e. The molecule has 1 amide bonds. The van der Waals surface area contributed by atoms with Crippen molar-refractivity contribution >= 4 is 48.0 Å². The quantitative estimate of drug-likeness (QED) is 0.541. The van der Waals surface area contributed by atoms with Crippen molar-refractivity contribution < 1.29 is 17.9 Å². The number of carbonyl (C=O) groups excluding carboxylic acids is 1. The van der Waals surface area contributed by atoms with E-state index in [-0.39, 0.29) is 17.0 Å². The SMILES string of the molecule is CC.CC(C)(C)OC(=O)N1CCC(NS(=O)(=O)c2ccc(Br)cc2CBr)CC1. The first-order chi connectivity index (χ1) is 13.0. The summed E-state index contributed by atoms with van der Waals surface area (Å²) in [6, 6.07) is 4.89. The van der Waals surface area contributed by atoms with Crippen molar-refractivity contribution in [2.75, 3.05) is 13.1 Å². The van der Waals surface area contributed by atoms with Crippen molar-refractivity contribution in [3.8, 4) is 0 Å². The maximum absolute atomic E-state index is 12.7. The van der Waals surface area contributed by atoms with Gasteiger partial charge in [-0.2, -0.15) is 0 Å². The molecule has 0 unspecified atom stereocenters. The molecule has 1 saturated heterocycles. The molecule has 0 saturated carbocycles. The monoisotopic (exact) mass is 540 g/mol. The minimum atomic E-state index is -3.62. The van der Waals surface area contributed by atoms with Gasteiger partial charge in [-0.3, -0.25) is 0 Å². The number of carbonyl (C=O) groups is 1. The van der Waals surface area contributed by atoms with Gasteiger partial charge in [0.05, 0.1) is 4.90 Å².